The summed E-state index contributed by atoms with van der Waals surface area (Å²) in [5.74, 6) is -0.635. The highest BCUT2D eigenvalue weighted by Crippen LogP contribution is 2.22. The number of rotatable bonds is 3. The largest absolute Gasteiger partial charge is 0.355 e. The predicted octanol–water partition coefficient (Wildman–Crippen LogP) is 1.74. The molecule has 0 saturated carbocycles. The molecular weight excluding hydrogens is 353 g/mol. The third-order valence-electron chi connectivity index (χ3n) is 3.72. The van der Waals surface area contributed by atoms with Gasteiger partial charge in [-0.2, -0.15) is 5.10 Å². The summed E-state index contributed by atoms with van der Waals surface area (Å²) in [5, 5.41) is 15.8. The van der Waals surface area contributed by atoms with Crippen molar-refractivity contribution in [1.82, 2.24) is 20.8 Å². The van der Waals surface area contributed by atoms with E-state index in [2.05, 4.69) is 26.1 Å². The molecule has 1 aromatic heterocycles. The molecule has 3 rings (SSSR count). The molecule has 9 heteroatoms. The molecule has 0 spiro atoms. The van der Waals surface area contributed by atoms with Gasteiger partial charge in [-0.25, -0.2) is 0 Å². The van der Waals surface area contributed by atoms with Crippen molar-refractivity contribution in [3.63, 3.8) is 0 Å². The van der Waals surface area contributed by atoms with Crippen LogP contribution < -0.4 is 16.0 Å². The molecule has 0 unspecified atom stereocenters. The summed E-state index contributed by atoms with van der Waals surface area (Å²) in [6.07, 6.45) is 0.817. The lowest BCUT2D eigenvalue weighted by atomic mass is 10.1. The van der Waals surface area contributed by atoms with Crippen LogP contribution in [0, 0.1) is 0 Å². The number of carbonyl (C=O) groups excluding carboxylic acids is 2. The Kier molecular flexibility index (Phi) is 5.82. The molecule has 0 saturated heterocycles. The number of H-pyrrole nitrogens is 1. The standard InChI is InChI=1S/C15H16ClN5O2.ClH/c1-17-14(22)9-6-8(2-3-11(9)16)19-15(23)13-10-7-18-5-4-12(10)20-21-13;/h2-3,6,18H,4-5,7H2,1H3,(H,17,22)(H,19,23)(H,20,21);1H. The van der Waals surface area contributed by atoms with Crippen LogP contribution in [0.15, 0.2) is 18.2 Å². The number of hydrogen-bond acceptors (Lipinski definition) is 4. The van der Waals surface area contributed by atoms with Crippen molar-refractivity contribution in [2.75, 3.05) is 18.9 Å². The number of halogens is 2. The lowest BCUT2D eigenvalue weighted by molar-refractivity contribution is 0.0961. The second-order valence-electron chi connectivity index (χ2n) is 5.18. The number of amides is 2. The van der Waals surface area contributed by atoms with Crippen molar-refractivity contribution < 1.29 is 9.59 Å². The Morgan fingerprint density at radius 2 is 2.08 bits per heavy atom. The molecule has 24 heavy (non-hydrogen) atoms. The van der Waals surface area contributed by atoms with Gasteiger partial charge >= 0.3 is 0 Å². The Morgan fingerprint density at radius 1 is 1.29 bits per heavy atom. The Morgan fingerprint density at radius 3 is 2.83 bits per heavy atom. The molecule has 1 aliphatic rings. The maximum Gasteiger partial charge on any atom is 0.276 e. The minimum absolute atomic E-state index is 0. The first kappa shape index (κ1) is 18.3. The first-order valence-electron chi connectivity index (χ1n) is 7.20. The third-order valence-corrected chi connectivity index (χ3v) is 4.05. The average molecular weight is 370 g/mol. The van der Waals surface area contributed by atoms with Gasteiger partial charge in [0.2, 0.25) is 0 Å². The quantitative estimate of drug-likeness (QED) is 0.662. The van der Waals surface area contributed by atoms with Gasteiger partial charge in [0.05, 0.1) is 10.6 Å². The fraction of sp³-hybridized carbons (Fsp3) is 0.267. The molecule has 1 aromatic carbocycles. The van der Waals surface area contributed by atoms with Gasteiger partial charge < -0.3 is 16.0 Å². The van der Waals surface area contributed by atoms with Crippen molar-refractivity contribution in [2.45, 2.75) is 13.0 Å². The van der Waals surface area contributed by atoms with Gasteiger partial charge in [0.25, 0.3) is 11.8 Å². The molecule has 0 fully saturated rings. The highest BCUT2D eigenvalue weighted by Gasteiger charge is 2.22. The number of fused-ring (bicyclic) bond motifs is 1. The smallest absolute Gasteiger partial charge is 0.276 e. The molecular formula is C15H17Cl2N5O2. The lowest BCUT2D eigenvalue weighted by Gasteiger charge is -2.13. The molecule has 0 aliphatic carbocycles. The minimum atomic E-state index is -0.323. The van der Waals surface area contributed by atoms with E-state index < -0.39 is 0 Å². The van der Waals surface area contributed by atoms with E-state index in [1.807, 2.05) is 0 Å². The highest BCUT2D eigenvalue weighted by molar-refractivity contribution is 6.34. The van der Waals surface area contributed by atoms with Crippen molar-refractivity contribution in [2.24, 2.45) is 0 Å². The summed E-state index contributed by atoms with van der Waals surface area (Å²) in [5.41, 5.74) is 3.02. The van der Waals surface area contributed by atoms with Crippen molar-refractivity contribution >= 4 is 41.5 Å². The van der Waals surface area contributed by atoms with Crippen molar-refractivity contribution in [3.05, 3.63) is 45.7 Å². The van der Waals surface area contributed by atoms with Crippen molar-refractivity contribution in [1.29, 1.82) is 0 Å². The number of hydrogen-bond donors (Lipinski definition) is 4. The Balaban J connectivity index is 0.00000208. The van der Waals surface area contributed by atoms with Crippen LogP contribution in [-0.2, 0) is 13.0 Å². The monoisotopic (exact) mass is 369 g/mol. The number of nitrogens with one attached hydrogen (secondary N) is 4. The summed E-state index contributed by atoms with van der Waals surface area (Å²) < 4.78 is 0. The van der Waals surface area contributed by atoms with Crippen LogP contribution in [0.3, 0.4) is 0 Å². The molecule has 128 valence electrons. The van der Waals surface area contributed by atoms with Crippen LogP contribution in [-0.4, -0.2) is 35.6 Å². The maximum absolute atomic E-state index is 12.4. The van der Waals surface area contributed by atoms with Gasteiger partial charge in [-0.15, -0.1) is 12.4 Å². The van der Waals surface area contributed by atoms with Crippen LogP contribution in [0.5, 0.6) is 0 Å². The molecule has 0 atom stereocenters. The predicted molar refractivity (Wildman–Crippen MR) is 94.0 cm³/mol. The summed E-state index contributed by atoms with van der Waals surface area (Å²) in [7, 11) is 1.52. The summed E-state index contributed by atoms with van der Waals surface area (Å²) >= 11 is 6.00. The molecule has 7 nitrogen and oxygen atoms in total. The Labute approximate surface area is 149 Å². The summed E-state index contributed by atoms with van der Waals surface area (Å²) in [6.45, 7) is 1.47. The number of benzene rings is 1. The summed E-state index contributed by atoms with van der Waals surface area (Å²) in [6, 6.07) is 4.75. The number of aromatic amines is 1. The third kappa shape index (κ3) is 3.53. The molecule has 2 aromatic rings. The van der Waals surface area contributed by atoms with E-state index >= 15 is 0 Å². The topological polar surface area (TPSA) is 98.9 Å². The van der Waals surface area contributed by atoms with Crippen LogP contribution in [0.1, 0.15) is 32.1 Å². The van der Waals surface area contributed by atoms with Gasteiger partial charge in [0.1, 0.15) is 0 Å². The number of nitrogens with zero attached hydrogens (tertiary/aromatic N) is 1. The molecule has 1 aliphatic heterocycles. The van der Waals surface area contributed by atoms with Crippen LogP contribution in [0.4, 0.5) is 5.69 Å². The minimum Gasteiger partial charge on any atom is -0.355 e. The van der Waals surface area contributed by atoms with E-state index in [9.17, 15) is 9.59 Å². The van der Waals surface area contributed by atoms with E-state index in [0.717, 1.165) is 24.2 Å². The van der Waals surface area contributed by atoms with Gasteiger partial charge in [-0.3, -0.25) is 14.7 Å². The Bertz CT molecular complexity index is 775. The maximum atomic E-state index is 12.4. The van der Waals surface area contributed by atoms with Crippen LogP contribution in [0.2, 0.25) is 5.02 Å². The number of carbonyl (C=O) groups is 2. The lowest BCUT2D eigenvalue weighted by Crippen LogP contribution is -2.25. The zero-order chi connectivity index (χ0) is 16.4. The zero-order valence-electron chi connectivity index (χ0n) is 12.9. The molecule has 2 heterocycles. The molecule has 4 N–H and O–H groups in total. The van der Waals surface area contributed by atoms with Gasteiger partial charge in [-0.1, -0.05) is 11.6 Å². The molecule has 0 bridgehead atoms. The van der Waals surface area contributed by atoms with Crippen molar-refractivity contribution in [3.8, 4) is 0 Å². The number of anilines is 1. The first-order valence-corrected chi connectivity index (χ1v) is 7.57. The van der Waals surface area contributed by atoms with E-state index in [-0.39, 0.29) is 24.2 Å². The molecule has 2 amide bonds. The highest BCUT2D eigenvalue weighted by atomic mass is 35.5. The van der Waals surface area contributed by atoms with E-state index in [1.165, 1.54) is 13.1 Å². The van der Waals surface area contributed by atoms with E-state index in [1.54, 1.807) is 12.1 Å². The zero-order valence-corrected chi connectivity index (χ0v) is 14.5. The van der Waals surface area contributed by atoms with Gasteiger partial charge in [0, 0.05) is 43.5 Å². The average Bonchev–Trinajstić information content (AvgIpc) is 3.00. The molecule has 0 radical (unpaired) electrons. The van der Waals surface area contributed by atoms with E-state index in [4.69, 9.17) is 11.6 Å². The SMILES string of the molecule is CNC(=O)c1cc(NC(=O)c2n[nH]c3c2CNCC3)ccc1Cl.Cl. The van der Waals surface area contributed by atoms with Gasteiger partial charge in [0.15, 0.2) is 5.69 Å². The first-order chi connectivity index (χ1) is 11.1. The second-order valence-corrected chi connectivity index (χ2v) is 5.59. The fourth-order valence-corrected chi connectivity index (χ4v) is 2.72. The van der Waals surface area contributed by atoms with Crippen LogP contribution >= 0.6 is 24.0 Å². The normalized spacial score (nSPS) is 12.8. The number of aromatic nitrogens is 2. The summed E-state index contributed by atoms with van der Waals surface area (Å²) in [4.78, 5) is 24.2. The van der Waals surface area contributed by atoms with E-state index in [0.29, 0.717) is 28.5 Å². The Hall–Kier alpha value is -2.09. The van der Waals surface area contributed by atoms with Gasteiger partial charge in [-0.05, 0) is 18.2 Å². The second kappa shape index (κ2) is 7.65. The fourth-order valence-electron chi connectivity index (χ4n) is 2.52. The van der Waals surface area contributed by atoms with Crippen LogP contribution in [0.25, 0.3) is 0 Å².